The molecule has 1 aromatic rings. The SMILES string of the molecule is CCCCCCCCc1cc(O)cc(O)c1. The van der Waals surface area contributed by atoms with Crippen LogP contribution in [0.4, 0.5) is 0 Å². The highest BCUT2D eigenvalue weighted by molar-refractivity contribution is 5.36. The molecule has 0 unspecified atom stereocenters. The first-order valence-corrected chi connectivity index (χ1v) is 6.24. The number of hydrogen-bond donors (Lipinski definition) is 2. The molecule has 0 radical (unpaired) electrons. The van der Waals surface area contributed by atoms with Gasteiger partial charge < -0.3 is 10.2 Å². The van der Waals surface area contributed by atoms with E-state index in [9.17, 15) is 10.2 Å². The molecule has 2 N–H and O–H groups in total. The highest BCUT2D eigenvalue weighted by Gasteiger charge is 1.99. The van der Waals surface area contributed by atoms with Crippen LogP contribution in [0.5, 0.6) is 11.5 Å². The lowest BCUT2D eigenvalue weighted by Gasteiger charge is -2.03. The molecule has 2 nitrogen and oxygen atoms in total. The monoisotopic (exact) mass is 222 g/mol. The van der Waals surface area contributed by atoms with Gasteiger partial charge in [0.1, 0.15) is 11.5 Å². The fraction of sp³-hybridized carbons (Fsp3) is 0.571. The first-order valence-electron chi connectivity index (χ1n) is 6.24. The summed E-state index contributed by atoms with van der Waals surface area (Å²) in [6, 6.07) is 4.82. The minimum Gasteiger partial charge on any atom is -0.508 e. The first-order chi connectivity index (χ1) is 7.72. The van der Waals surface area contributed by atoms with Crippen LogP contribution in [0.15, 0.2) is 18.2 Å². The summed E-state index contributed by atoms with van der Waals surface area (Å²) < 4.78 is 0. The van der Waals surface area contributed by atoms with Crippen LogP contribution in [0.2, 0.25) is 0 Å². The van der Waals surface area contributed by atoms with Crippen molar-refractivity contribution in [1.29, 1.82) is 0 Å². The van der Waals surface area contributed by atoms with Crippen molar-refractivity contribution in [1.82, 2.24) is 0 Å². The number of aromatic hydroxyl groups is 2. The molecule has 0 aliphatic carbocycles. The number of unbranched alkanes of at least 4 members (excludes halogenated alkanes) is 5. The maximum absolute atomic E-state index is 9.31. The van der Waals surface area contributed by atoms with E-state index in [1.54, 1.807) is 12.1 Å². The van der Waals surface area contributed by atoms with Crippen molar-refractivity contribution in [2.75, 3.05) is 0 Å². The first kappa shape index (κ1) is 12.9. The lowest BCUT2D eigenvalue weighted by atomic mass is 10.0. The van der Waals surface area contributed by atoms with Crippen LogP contribution in [0.1, 0.15) is 51.0 Å². The van der Waals surface area contributed by atoms with Gasteiger partial charge in [-0.3, -0.25) is 0 Å². The zero-order valence-electron chi connectivity index (χ0n) is 10.1. The topological polar surface area (TPSA) is 40.5 Å². The van der Waals surface area contributed by atoms with Crippen molar-refractivity contribution >= 4 is 0 Å². The second kappa shape index (κ2) is 7.15. The van der Waals surface area contributed by atoms with Crippen LogP contribution < -0.4 is 0 Å². The molecule has 0 saturated carbocycles. The number of aryl methyl sites for hydroxylation is 1. The molecule has 16 heavy (non-hydrogen) atoms. The highest BCUT2D eigenvalue weighted by Crippen LogP contribution is 2.21. The van der Waals surface area contributed by atoms with Crippen molar-refractivity contribution < 1.29 is 10.2 Å². The normalized spacial score (nSPS) is 10.6. The summed E-state index contributed by atoms with van der Waals surface area (Å²) in [6.07, 6.45) is 8.52. The van der Waals surface area contributed by atoms with Gasteiger partial charge in [0.05, 0.1) is 0 Å². The average molecular weight is 222 g/mol. The molecule has 0 saturated heterocycles. The maximum atomic E-state index is 9.31. The summed E-state index contributed by atoms with van der Waals surface area (Å²) in [5, 5.41) is 18.6. The van der Waals surface area contributed by atoms with Gasteiger partial charge in [0.2, 0.25) is 0 Å². The van der Waals surface area contributed by atoms with E-state index in [1.165, 1.54) is 38.2 Å². The number of hydrogen-bond acceptors (Lipinski definition) is 2. The Morgan fingerprint density at radius 3 is 2.00 bits per heavy atom. The molecular weight excluding hydrogens is 200 g/mol. The molecule has 0 heterocycles. The number of benzene rings is 1. The Hall–Kier alpha value is -1.18. The fourth-order valence-electron chi connectivity index (χ4n) is 1.91. The molecule has 2 heteroatoms. The zero-order chi connectivity index (χ0) is 11.8. The molecule has 1 rings (SSSR count). The quantitative estimate of drug-likeness (QED) is 0.684. The Morgan fingerprint density at radius 2 is 1.38 bits per heavy atom. The van der Waals surface area contributed by atoms with E-state index >= 15 is 0 Å². The summed E-state index contributed by atoms with van der Waals surface area (Å²) in [5.74, 6) is 0.307. The van der Waals surface area contributed by atoms with Crippen LogP contribution in [-0.4, -0.2) is 10.2 Å². The Labute approximate surface area is 97.9 Å². The molecule has 90 valence electrons. The predicted molar refractivity (Wildman–Crippen MR) is 66.9 cm³/mol. The van der Waals surface area contributed by atoms with Crippen LogP contribution in [0.25, 0.3) is 0 Å². The van der Waals surface area contributed by atoms with Gasteiger partial charge in [0.15, 0.2) is 0 Å². The second-order valence-corrected chi connectivity index (χ2v) is 4.38. The summed E-state index contributed by atoms with van der Waals surface area (Å²) in [7, 11) is 0. The Bertz CT molecular complexity index is 287. The third kappa shape index (κ3) is 5.06. The minimum absolute atomic E-state index is 0.154. The van der Waals surface area contributed by atoms with Gasteiger partial charge in [-0.25, -0.2) is 0 Å². The third-order valence-corrected chi connectivity index (χ3v) is 2.78. The van der Waals surface area contributed by atoms with E-state index in [1.807, 2.05) is 0 Å². The van der Waals surface area contributed by atoms with Gasteiger partial charge in [-0.2, -0.15) is 0 Å². The Morgan fingerprint density at radius 1 is 0.812 bits per heavy atom. The Balaban J connectivity index is 2.21. The van der Waals surface area contributed by atoms with E-state index in [0.717, 1.165) is 18.4 Å². The zero-order valence-corrected chi connectivity index (χ0v) is 10.1. The largest absolute Gasteiger partial charge is 0.508 e. The average Bonchev–Trinajstić information content (AvgIpc) is 2.22. The molecule has 0 amide bonds. The van der Waals surface area contributed by atoms with Gasteiger partial charge >= 0.3 is 0 Å². The molecule has 0 atom stereocenters. The van der Waals surface area contributed by atoms with E-state index in [0.29, 0.717) is 0 Å². The van der Waals surface area contributed by atoms with E-state index < -0.39 is 0 Å². The molecule has 0 aliphatic rings. The number of phenols is 2. The summed E-state index contributed by atoms with van der Waals surface area (Å²) >= 11 is 0. The van der Waals surface area contributed by atoms with Crippen molar-refractivity contribution in [3.05, 3.63) is 23.8 Å². The van der Waals surface area contributed by atoms with Crippen LogP contribution in [-0.2, 0) is 6.42 Å². The molecule has 0 bridgehead atoms. The van der Waals surface area contributed by atoms with Gasteiger partial charge in [0, 0.05) is 6.07 Å². The van der Waals surface area contributed by atoms with Gasteiger partial charge in [-0.15, -0.1) is 0 Å². The third-order valence-electron chi connectivity index (χ3n) is 2.78. The van der Waals surface area contributed by atoms with Gasteiger partial charge in [0.25, 0.3) is 0 Å². The summed E-state index contributed by atoms with van der Waals surface area (Å²) in [5.41, 5.74) is 1.02. The molecule has 1 aromatic carbocycles. The number of rotatable bonds is 7. The van der Waals surface area contributed by atoms with Gasteiger partial charge in [-0.1, -0.05) is 39.0 Å². The predicted octanol–water partition coefficient (Wildman–Crippen LogP) is 4.00. The molecular formula is C14H22O2. The lowest BCUT2D eigenvalue weighted by Crippen LogP contribution is -1.86. The van der Waals surface area contributed by atoms with E-state index in [2.05, 4.69) is 6.92 Å². The second-order valence-electron chi connectivity index (χ2n) is 4.38. The summed E-state index contributed by atoms with van der Waals surface area (Å²) in [4.78, 5) is 0. The van der Waals surface area contributed by atoms with Crippen molar-refractivity contribution in [2.45, 2.75) is 51.9 Å². The number of phenolic OH excluding ortho intramolecular Hbond substituents is 2. The fourth-order valence-corrected chi connectivity index (χ4v) is 1.91. The molecule has 0 fully saturated rings. The Kier molecular flexibility index (Phi) is 5.76. The maximum Gasteiger partial charge on any atom is 0.119 e. The van der Waals surface area contributed by atoms with Crippen LogP contribution >= 0.6 is 0 Å². The van der Waals surface area contributed by atoms with Crippen molar-refractivity contribution in [3.8, 4) is 11.5 Å². The van der Waals surface area contributed by atoms with Crippen LogP contribution in [0.3, 0.4) is 0 Å². The molecule has 0 aliphatic heterocycles. The summed E-state index contributed by atoms with van der Waals surface area (Å²) in [6.45, 7) is 2.22. The van der Waals surface area contributed by atoms with Crippen LogP contribution in [0, 0.1) is 0 Å². The minimum atomic E-state index is 0.154. The highest BCUT2D eigenvalue weighted by atomic mass is 16.3. The van der Waals surface area contributed by atoms with E-state index in [4.69, 9.17) is 0 Å². The molecule has 0 aromatic heterocycles. The van der Waals surface area contributed by atoms with E-state index in [-0.39, 0.29) is 11.5 Å². The lowest BCUT2D eigenvalue weighted by molar-refractivity contribution is 0.449. The smallest absolute Gasteiger partial charge is 0.119 e. The molecule has 0 spiro atoms. The van der Waals surface area contributed by atoms with Crippen molar-refractivity contribution in [3.63, 3.8) is 0 Å². The standard InChI is InChI=1S/C14H22O2/c1-2-3-4-5-6-7-8-12-9-13(15)11-14(16)10-12/h9-11,15-16H,2-8H2,1H3. The van der Waals surface area contributed by atoms with Crippen molar-refractivity contribution in [2.24, 2.45) is 0 Å². The van der Waals surface area contributed by atoms with Gasteiger partial charge in [-0.05, 0) is 30.5 Å².